The molecule has 110 valence electrons. The number of carbonyl (C=O) groups excluding carboxylic acids is 1. The lowest BCUT2D eigenvalue weighted by Gasteiger charge is -2.04. The summed E-state index contributed by atoms with van der Waals surface area (Å²) in [5.74, 6) is -0.410. The van der Waals surface area contributed by atoms with E-state index in [2.05, 4.69) is 15.4 Å². The summed E-state index contributed by atoms with van der Waals surface area (Å²) in [6.45, 7) is 1.71. The van der Waals surface area contributed by atoms with E-state index in [0.717, 1.165) is 0 Å². The quantitative estimate of drug-likeness (QED) is 0.589. The minimum absolute atomic E-state index is 0.0903. The molecule has 0 atom stereocenters. The number of hydrogen-bond donors (Lipinski definition) is 1. The van der Waals surface area contributed by atoms with Gasteiger partial charge in [0.1, 0.15) is 5.56 Å². The van der Waals surface area contributed by atoms with E-state index in [4.69, 9.17) is 0 Å². The number of amides is 1. The normalized spacial score (nSPS) is 10.6. The minimum Gasteiger partial charge on any atom is -0.322 e. The molecule has 1 N–H and O–H groups in total. The molecule has 1 amide bonds. The first-order valence-corrected chi connectivity index (χ1v) is 6.42. The molecular formula is C14H11N5O3. The van der Waals surface area contributed by atoms with Crippen LogP contribution in [0.25, 0.3) is 5.65 Å². The first kappa shape index (κ1) is 13.7. The predicted molar refractivity (Wildman–Crippen MR) is 78.8 cm³/mol. The largest absolute Gasteiger partial charge is 0.322 e. The van der Waals surface area contributed by atoms with Gasteiger partial charge in [0.05, 0.1) is 10.6 Å². The summed E-state index contributed by atoms with van der Waals surface area (Å²) in [4.78, 5) is 26.8. The number of nitrogens with one attached hydrogen (secondary N) is 1. The number of aryl methyl sites for hydroxylation is 1. The highest BCUT2D eigenvalue weighted by molar-refractivity contribution is 6.09. The molecule has 0 aliphatic heterocycles. The van der Waals surface area contributed by atoms with Crippen molar-refractivity contribution < 1.29 is 9.72 Å². The van der Waals surface area contributed by atoms with Crippen molar-refractivity contribution in [2.45, 2.75) is 6.92 Å². The Kier molecular flexibility index (Phi) is 3.26. The molecule has 22 heavy (non-hydrogen) atoms. The summed E-state index contributed by atoms with van der Waals surface area (Å²) in [5.41, 5.74) is 1.55. The van der Waals surface area contributed by atoms with Crippen LogP contribution in [0.1, 0.15) is 16.1 Å². The van der Waals surface area contributed by atoms with Crippen molar-refractivity contribution in [2.24, 2.45) is 0 Å². The molecule has 0 unspecified atom stereocenters. The number of fused-ring (bicyclic) bond motifs is 1. The van der Waals surface area contributed by atoms with E-state index in [0.29, 0.717) is 22.6 Å². The average Bonchev–Trinajstić information content (AvgIpc) is 2.83. The number of benzene rings is 1. The van der Waals surface area contributed by atoms with Gasteiger partial charge in [0.25, 0.3) is 11.6 Å². The maximum Gasteiger partial charge on any atom is 0.271 e. The van der Waals surface area contributed by atoms with Crippen molar-refractivity contribution in [1.29, 1.82) is 0 Å². The van der Waals surface area contributed by atoms with Gasteiger partial charge in [0, 0.05) is 30.2 Å². The number of nitro groups is 1. The SMILES string of the molecule is Cc1nn2cccnc2c1C(=O)Nc1cccc([N+](=O)[O-])c1. The summed E-state index contributed by atoms with van der Waals surface area (Å²) in [7, 11) is 0. The van der Waals surface area contributed by atoms with Crippen LogP contribution in [0.5, 0.6) is 0 Å². The topological polar surface area (TPSA) is 102 Å². The van der Waals surface area contributed by atoms with Gasteiger partial charge in [-0.05, 0) is 19.1 Å². The standard InChI is InChI=1S/C14H11N5O3/c1-9-12(13-15-6-3-7-18(13)17-9)14(20)16-10-4-2-5-11(8-10)19(21)22/h2-8H,1H3,(H,16,20). The predicted octanol–water partition coefficient (Wildman–Crippen LogP) is 2.20. The highest BCUT2D eigenvalue weighted by atomic mass is 16.6. The van der Waals surface area contributed by atoms with Gasteiger partial charge in [-0.2, -0.15) is 5.10 Å². The highest BCUT2D eigenvalue weighted by Gasteiger charge is 2.18. The number of nitro benzene ring substituents is 1. The van der Waals surface area contributed by atoms with Gasteiger partial charge in [-0.1, -0.05) is 6.07 Å². The Hall–Kier alpha value is -3.29. The van der Waals surface area contributed by atoms with Crippen LogP contribution in [0.3, 0.4) is 0 Å². The van der Waals surface area contributed by atoms with Crippen LogP contribution >= 0.6 is 0 Å². The number of hydrogen-bond acceptors (Lipinski definition) is 5. The van der Waals surface area contributed by atoms with E-state index in [1.165, 1.54) is 22.7 Å². The maximum atomic E-state index is 12.4. The Morgan fingerprint density at radius 1 is 1.36 bits per heavy atom. The summed E-state index contributed by atoms with van der Waals surface area (Å²) in [5, 5.41) is 17.6. The number of aromatic nitrogens is 3. The molecule has 3 aromatic rings. The van der Waals surface area contributed by atoms with E-state index in [9.17, 15) is 14.9 Å². The van der Waals surface area contributed by atoms with Gasteiger partial charge in [-0.25, -0.2) is 9.50 Å². The zero-order valence-corrected chi connectivity index (χ0v) is 11.6. The van der Waals surface area contributed by atoms with Crippen LogP contribution in [-0.4, -0.2) is 25.4 Å². The molecule has 0 aliphatic rings. The van der Waals surface area contributed by atoms with Gasteiger partial charge < -0.3 is 5.32 Å². The Morgan fingerprint density at radius 3 is 2.95 bits per heavy atom. The lowest BCUT2D eigenvalue weighted by molar-refractivity contribution is -0.384. The second-order valence-corrected chi connectivity index (χ2v) is 4.61. The van der Waals surface area contributed by atoms with Crippen LogP contribution in [0.2, 0.25) is 0 Å². The molecule has 0 bridgehead atoms. The van der Waals surface area contributed by atoms with Crippen molar-refractivity contribution in [1.82, 2.24) is 14.6 Å². The second-order valence-electron chi connectivity index (χ2n) is 4.61. The first-order chi connectivity index (χ1) is 10.6. The van der Waals surface area contributed by atoms with E-state index in [-0.39, 0.29) is 5.69 Å². The fraction of sp³-hybridized carbons (Fsp3) is 0.0714. The third-order valence-electron chi connectivity index (χ3n) is 3.11. The summed E-state index contributed by atoms with van der Waals surface area (Å²) < 4.78 is 1.51. The molecule has 8 heteroatoms. The third kappa shape index (κ3) is 2.37. The fourth-order valence-corrected chi connectivity index (χ4v) is 2.15. The Bertz CT molecular complexity index is 887. The van der Waals surface area contributed by atoms with Crippen LogP contribution < -0.4 is 5.32 Å². The highest BCUT2D eigenvalue weighted by Crippen LogP contribution is 2.19. The first-order valence-electron chi connectivity index (χ1n) is 6.42. The molecule has 1 aromatic carbocycles. The number of anilines is 1. The summed E-state index contributed by atoms with van der Waals surface area (Å²) in [6.07, 6.45) is 3.26. The summed E-state index contributed by atoms with van der Waals surface area (Å²) in [6, 6.07) is 7.46. The van der Waals surface area contributed by atoms with E-state index in [1.807, 2.05) is 0 Å². The van der Waals surface area contributed by atoms with E-state index >= 15 is 0 Å². The van der Waals surface area contributed by atoms with Crippen molar-refractivity contribution in [3.63, 3.8) is 0 Å². The molecule has 0 radical (unpaired) electrons. The van der Waals surface area contributed by atoms with Crippen LogP contribution in [0.4, 0.5) is 11.4 Å². The lowest BCUT2D eigenvalue weighted by atomic mass is 10.2. The number of carbonyl (C=O) groups is 1. The Balaban J connectivity index is 1.95. The third-order valence-corrected chi connectivity index (χ3v) is 3.11. The van der Waals surface area contributed by atoms with E-state index in [1.54, 1.807) is 31.5 Å². The number of rotatable bonds is 3. The molecule has 0 saturated heterocycles. The molecule has 8 nitrogen and oxygen atoms in total. The number of non-ortho nitro benzene ring substituents is 1. The Morgan fingerprint density at radius 2 is 2.18 bits per heavy atom. The van der Waals surface area contributed by atoms with Crippen LogP contribution in [0.15, 0.2) is 42.7 Å². The van der Waals surface area contributed by atoms with Crippen molar-refractivity contribution >= 4 is 22.9 Å². The summed E-state index contributed by atoms with van der Waals surface area (Å²) >= 11 is 0. The van der Waals surface area contributed by atoms with Gasteiger partial charge in [-0.3, -0.25) is 14.9 Å². The molecule has 3 rings (SSSR count). The lowest BCUT2D eigenvalue weighted by Crippen LogP contribution is -2.13. The molecule has 0 spiro atoms. The minimum atomic E-state index is -0.516. The molecular weight excluding hydrogens is 286 g/mol. The molecule has 0 fully saturated rings. The molecule has 2 aromatic heterocycles. The van der Waals surface area contributed by atoms with Crippen molar-refractivity contribution in [3.8, 4) is 0 Å². The van der Waals surface area contributed by atoms with Gasteiger partial charge in [0.2, 0.25) is 0 Å². The van der Waals surface area contributed by atoms with Gasteiger partial charge in [0.15, 0.2) is 5.65 Å². The van der Waals surface area contributed by atoms with Crippen LogP contribution in [-0.2, 0) is 0 Å². The molecule has 0 saturated carbocycles. The smallest absolute Gasteiger partial charge is 0.271 e. The maximum absolute atomic E-state index is 12.4. The van der Waals surface area contributed by atoms with Gasteiger partial charge >= 0.3 is 0 Å². The zero-order valence-electron chi connectivity index (χ0n) is 11.6. The van der Waals surface area contributed by atoms with Crippen molar-refractivity contribution in [3.05, 3.63) is 64.1 Å². The number of nitrogens with zero attached hydrogens (tertiary/aromatic N) is 4. The molecule has 0 aliphatic carbocycles. The second kappa shape index (κ2) is 5.24. The van der Waals surface area contributed by atoms with Gasteiger partial charge in [-0.15, -0.1) is 0 Å². The zero-order chi connectivity index (χ0) is 15.7. The van der Waals surface area contributed by atoms with E-state index < -0.39 is 10.8 Å². The fourth-order valence-electron chi connectivity index (χ4n) is 2.15. The van der Waals surface area contributed by atoms with Crippen LogP contribution in [0, 0.1) is 17.0 Å². The monoisotopic (exact) mass is 297 g/mol. The molecule has 2 heterocycles. The Labute approximate surface area is 124 Å². The average molecular weight is 297 g/mol. The van der Waals surface area contributed by atoms with Crippen molar-refractivity contribution in [2.75, 3.05) is 5.32 Å².